The van der Waals surface area contributed by atoms with Crippen LogP contribution >= 0.6 is 27.7 Å². The molecule has 0 aromatic heterocycles. The van der Waals surface area contributed by atoms with Crippen LogP contribution in [0.3, 0.4) is 0 Å². The number of halogens is 1. The zero-order valence-corrected chi connectivity index (χ0v) is 18.8. The number of carbonyl (C=O) groups excluding carboxylic acids is 3. The number of benzene rings is 1. The van der Waals surface area contributed by atoms with Crippen molar-refractivity contribution < 1.29 is 28.6 Å². The minimum absolute atomic E-state index is 0.239. The Morgan fingerprint density at radius 2 is 2.07 bits per heavy atom. The summed E-state index contributed by atoms with van der Waals surface area (Å²) in [5, 5.41) is -0.468. The third-order valence-corrected chi connectivity index (χ3v) is 5.92. The van der Waals surface area contributed by atoms with Crippen molar-refractivity contribution in [3.8, 4) is 11.5 Å². The topological polar surface area (TPSA) is 85.4 Å². The van der Waals surface area contributed by atoms with Crippen LogP contribution in [-0.2, 0) is 14.3 Å². The molecule has 1 aromatic rings. The van der Waals surface area contributed by atoms with E-state index >= 15 is 0 Å². The summed E-state index contributed by atoms with van der Waals surface area (Å²) in [4.78, 5) is 40.3. The second kappa shape index (κ2) is 10.1. The highest BCUT2D eigenvalue weighted by atomic mass is 79.9. The monoisotopic (exact) mass is 496 g/mol. The summed E-state index contributed by atoms with van der Waals surface area (Å²) in [7, 11) is 1.51. The van der Waals surface area contributed by atoms with E-state index in [1.807, 2.05) is 0 Å². The number of imide groups is 1. The Hall–Kier alpha value is -2.30. The molecule has 0 unspecified atom stereocenters. The first-order chi connectivity index (χ1) is 14.4. The van der Waals surface area contributed by atoms with Gasteiger partial charge in [-0.2, -0.15) is 0 Å². The highest BCUT2D eigenvalue weighted by molar-refractivity contribution is 9.10. The van der Waals surface area contributed by atoms with E-state index in [1.165, 1.54) is 7.11 Å². The SMILES string of the molecule is C=CCOc1c(Br)cc(/C=C2\SC(=O)N(CC(=O)N3CCOCC3)C2=O)cc1OC. The Labute approximate surface area is 186 Å². The van der Waals surface area contributed by atoms with Crippen molar-refractivity contribution in [1.82, 2.24) is 9.80 Å². The van der Waals surface area contributed by atoms with E-state index in [0.29, 0.717) is 54.4 Å². The van der Waals surface area contributed by atoms with Gasteiger partial charge >= 0.3 is 0 Å². The van der Waals surface area contributed by atoms with Crippen molar-refractivity contribution >= 4 is 50.8 Å². The molecule has 0 spiro atoms. The fourth-order valence-corrected chi connectivity index (χ4v) is 4.35. The third kappa shape index (κ3) is 5.05. The van der Waals surface area contributed by atoms with E-state index < -0.39 is 11.1 Å². The molecular weight excluding hydrogens is 476 g/mol. The maximum atomic E-state index is 12.7. The van der Waals surface area contributed by atoms with Crippen molar-refractivity contribution in [3.63, 3.8) is 0 Å². The van der Waals surface area contributed by atoms with Crippen LogP contribution in [0, 0.1) is 0 Å². The Balaban J connectivity index is 1.77. The van der Waals surface area contributed by atoms with Crippen LogP contribution in [0.4, 0.5) is 4.79 Å². The molecule has 2 aliphatic rings. The van der Waals surface area contributed by atoms with E-state index in [4.69, 9.17) is 14.2 Å². The minimum Gasteiger partial charge on any atom is -0.493 e. The highest BCUT2D eigenvalue weighted by Gasteiger charge is 2.37. The predicted octanol–water partition coefficient (Wildman–Crippen LogP) is 2.92. The van der Waals surface area contributed by atoms with Crippen LogP contribution < -0.4 is 9.47 Å². The summed E-state index contributed by atoms with van der Waals surface area (Å²) < 4.78 is 16.8. The van der Waals surface area contributed by atoms with Gasteiger partial charge in [-0.1, -0.05) is 12.7 Å². The molecule has 0 aliphatic carbocycles. The molecule has 2 heterocycles. The molecule has 2 fully saturated rings. The number of hydrogen-bond donors (Lipinski definition) is 0. The lowest BCUT2D eigenvalue weighted by Crippen LogP contribution is -2.46. The number of morpholine rings is 1. The number of carbonyl (C=O) groups is 3. The standard InChI is InChI=1S/C20H21BrN2O6S/c1-3-6-29-18-14(21)9-13(10-15(18)27-2)11-16-19(25)23(20(26)30-16)12-17(24)22-4-7-28-8-5-22/h3,9-11H,1,4-8,12H2,2H3/b16-11-. The number of amides is 3. The van der Waals surface area contributed by atoms with Gasteiger partial charge in [0.2, 0.25) is 5.91 Å². The first-order valence-electron chi connectivity index (χ1n) is 9.16. The van der Waals surface area contributed by atoms with Crippen LogP contribution in [0.2, 0.25) is 0 Å². The number of hydrogen-bond acceptors (Lipinski definition) is 7. The fraction of sp³-hybridized carbons (Fsp3) is 0.350. The van der Waals surface area contributed by atoms with Gasteiger partial charge in [-0.25, -0.2) is 0 Å². The largest absolute Gasteiger partial charge is 0.493 e. The lowest BCUT2D eigenvalue weighted by Gasteiger charge is -2.28. The third-order valence-electron chi connectivity index (χ3n) is 4.43. The summed E-state index contributed by atoms with van der Waals surface area (Å²) in [6, 6.07) is 3.46. The van der Waals surface area contributed by atoms with Crippen LogP contribution in [0.15, 0.2) is 34.2 Å². The van der Waals surface area contributed by atoms with Crippen molar-refractivity contribution in [2.45, 2.75) is 0 Å². The van der Waals surface area contributed by atoms with Gasteiger partial charge in [-0.05, 0) is 51.5 Å². The molecule has 0 bridgehead atoms. The highest BCUT2D eigenvalue weighted by Crippen LogP contribution is 2.39. The molecule has 0 N–H and O–H groups in total. The van der Waals surface area contributed by atoms with E-state index in [0.717, 1.165) is 16.7 Å². The van der Waals surface area contributed by atoms with Crippen LogP contribution in [0.1, 0.15) is 5.56 Å². The molecule has 160 valence electrons. The number of thioether (sulfide) groups is 1. The average Bonchev–Trinajstić information content (AvgIpc) is 3.00. The Morgan fingerprint density at radius 3 is 2.73 bits per heavy atom. The smallest absolute Gasteiger partial charge is 0.294 e. The van der Waals surface area contributed by atoms with Crippen molar-refractivity contribution in [3.05, 3.63) is 39.7 Å². The van der Waals surface area contributed by atoms with Gasteiger partial charge in [0, 0.05) is 13.1 Å². The molecular formula is C20H21BrN2O6S. The van der Waals surface area contributed by atoms with Gasteiger partial charge in [0.25, 0.3) is 11.1 Å². The quantitative estimate of drug-likeness (QED) is 0.423. The number of methoxy groups -OCH3 is 1. The summed E-state index contributed by atoms with van der Waals surface area (Å²) in [5.74, 6) is 0.224. The molecule has 0 saturated carbocycles. The molecule has 8 nitrogen and oxygen atoms in total. The maximum absolute atomic E-state index is 12.7. The fourth-order valence-electron chi connectivity index (χ4n) is 2.94. The Bertz CT molecular complexity index is 898. The minimum atomic E-state index is -0.492. The zero-order chi connectivity index (χ0) is 21.7. The molecule has 0 atom stereocenters. The number of ether oxygens (including phenoxy) is 3. The molecule has 0 radical (unpaired) electrons. The lowest BCUT2D eigenvalue weighted by atomic mass is 10.2. The van der Waals surface area contributed by atoms with E-state index in [1.54, 1.807) is 29.2 Å². The lowest BCUT2D eigenvalue weighted by molar-refractivity contribution is -0.139. The van der Waals surface area contributed by atoms with Crippen LogP contribution in [0.25, 0.3) is 6.08 Å². The van der Waals surface area contributed by atoms with Crippen molar-refractivity contribution in [2.75, 3.05) is 46.6 Å². The van der Waals surface area contributed by atoms with Crippen LogP contribution in [0.5, 0.6) is 11.5 Å². The van der Waals surface area contributed by atoms with Crippen molar-refractivity contribution in [1.29, 1.82) is 0 Å². The van der Waals surface area contributed by atoms with Gasteiger partial charge in [-0.15, -0.1) is 0 Å². The molecule has 3 rings (SSSR count). The van der Waals surface area contributed by atoms with E-state index in [9.17, 15) is 14.4 Å². The van der Waals surface area contributed by atoms with Gasteiger partial charge in [0.05, 0.1) is 29.7 Å². The van der Waals surface area contributed by atoms with Gasteiger partial charge in [-0.3, -0.25) is 19.3 Å². The first-order valence-corrected chi connectivity index (χ1v) is 10.8. The second-order valence-corrected chi connectivity index (χ2v) is 8.24. The molecule has 2 aliphatic heterocycles. The number of nitrogens with zero attached hydrogens (tertiary/aromatic N) is 2. The molecule has 30 heavy (non-hydrogen) atoms. The molecule has 3 amide bonds. The molecule has 2 saturated heterocycles. The van der Waals surface area contributed by atoms with E-state index in [2.05, 4.69) is 22.5 Å². The van der Waals surface area contributed by atoms with E-state index in [-0.39, 0.29) is 17.4 Å². The normalized spacial score (nSPS) is 18.1. The van der Waals surface area contributed by atoms with Gasteiger partial charge < -0.3 is 19.1 Å². The maximum Gasteiger partial charge on any atom is 0.294 e. The molecule has 10 heteroatoms. The first kappa shape index (κ1) is 22.4. The predicted molar refractivity (Wildman–Crippen MR) is 116 cm³/mol. The zero-order valence-electron chi connectivity index (χ0n) is 16.4. The van der Waals surface area contributed by atoms with Crippen LogP contribution in [-0.4, -0.2) is 73.4 Å². The van der Waals surface area contributed by atoms with Gasteiger partial charge in [0.1, 0.15) is 13.2 Å². The Morgan fingerprint density at radius 1 is 1.33 bits per heavy atom. The number of rotatable bonds is 7. The Kier molecular flexibility index (Phi) is 7.57. The summed E-state index contributed by atoms with van der Waals surface area (Å²) >= 11 is 4.24. The van der Waals surface area contributed by atoms with Crippen molar-refractivity contribution in [2.24, 2.45) is 0 Å². The summed E-state index contributed by atoms with van der Waals surface area (Å²) in [6.45, 7) is 5.48. The molecule has 1 aromatic carbocycles. The second-order valence-electron chi connectivity index (χ2n) is 6.39. The van der Waals surface area contributed by atoms with Gasteiger partial charge in [0.15, 0.2) is 11.5 Å². The summed E-state index contributed by atoms with van der Waals surface area (Å²) in [5.41, 5.74) is 0.648. The average molecular weight is 497 g/mol. The summed E-state index contributed by atoms with van der Waals surface area (Å²) in [6.07, 6.45) is 3.21.